The summed E-state index contributed by atoms with van der Waals surface area (Å²) in [6, 6.07) is 6.45. The van der Waals surface area contributed by atoms with Gasteiger partial charge in [0.15, 0.2) is 5.96 Å². The summed E-state index contributed by atoms with van der Waals surface area (Å²) in [6.45, 7) is 6.29. The number of nitrogens with one attached hydrogen (secondary N) is 2. The highest BCUT2D eigenvalue weighted by molar-refractivity contribution is 7.09. The average Bonchev–Trinajstić information content (AvgIpc) is 2.99. The van der Waals surface area contributed by atoms with Crippen LogP contribution in [0.15, 0.2) is 34.6 Å². The van der Waals surface area contributed by atoms with E-state index >= 15 is 0 Å². The molecular weight excluding hydrogens is 323 g/mol. The van der Waals surface area contributed by atoms with Crippen LogP contribution in [0.3, 0.4) is 0 Å². The highest BCUT2D eigenvalue weighted by Crippen LogP contribution is 2.11. The van der Waals surface area contributed by atoms with Gasteiger partial charge in [0.2, 0.25) is 0 Å². The molecule has 0 saturated carbocycles. The third-order valence-electron chi connectivity index (χ3n) is 3.45. The van der Waals surface area contributed by atoms with Gasteiger partial charge < -0.3 is 10.6 Å². The van der Waals surface area contributed by atoms with E-state index in [-0.39, 0.29) is 5.82 Å². The number of aromatic nitrogens is 1. The Balaban J connectivity index is 1.71. The molecule has 0 aliphatic heterocycles. The molecule has 0 bridgehead atoms. The van der Waals surface area contributed by atoms with Crippen LogP contribution in [-0.4, -0.2) is 24.0 Å². The number of unbranched alkanes of at least 4 members (excludes halogenated alkanes) is 1. The number of aliphatic imine (C=N–C) groups is 1. The Bertz CT molecular complexity index is 637. The number of guanidine groups is 1. The van der Waals surface area contributed by atoms with Crippen molar-refractivity contribution >= 4 is 17.3 Å². The summed E-state index contributed by atoms with van der Waals surface area (Å²) < 4.78 is 12.9. The fraction of sp³-hybridized carbons (Fsp3) is 0.444. The summed E-state index contributed by atoms with van der Waals surface area (Å²) in [6.07, 6.45) is 3.21. The number of nitrogens with zero attached hydrogens (tertiary/aromatic N) is 2. The number of hydrogen-bond acceptors (Lipinski definition) is 3. The van der Waals surface area contributed by atoms with Crippen molar-refractivity contribution in [2.75, 3.05) is 13.1 Å². The van der Waals surface area contributed by atoms with Crippen molar-refractivity contribution in [2.45, 2.75) is 39.7 Å². The minimum atomic E-state index is -0.219. The Labute approximate surface area is 147 Å². The predicted molar refractivity (Wildman–Crippen MR) is 99.0 cm³/mol. The van der Waals surface area contributed by atoms with E-state index in [1.165, 1.54) is 17.1 Å². The second-order valence-electron chi connectivity index (χ2n) is 5.59. The Hall–Kier alpha value is -1.95. The van der Waals surface area contributed by atoms with Gasteiger partial charge in [-0.05, 0) is 50.8 Å². The standard InChI is InChI=1S/C18H25FN4S/c1-3-20-18(22-12-15-7-9-16(19)10-8-15)21-11-5-4-6-17-23-14(2)13-24-17/h7-10,13H,3-6,11-12H2,1-2H3,(H2,20,21,22). The van der Waals surface area contributed by atoms with Gasteiger partial charge in [-0.1, -0.05) is 12.1 Å². The first-order valence-corrected chi connectivity index (χ1v) is 9.23. The SMILES string of the molecule is CCNC(=NCc1ccc(F)cc1)NCCCCc1nc(C)cs1. The van der Waals surface area contributed by atoms with Crippen molar-refractivity contribution in [1.82, 2.24) is 15.6 Å². The quantitative estimate of drug-likeness (QED) is 0.435. The third kappa shape index (κ3) is 6.66. The van der Waals surface area contributed by atoms with Gasteiger partial charge in [-0.3, -0.25) is 0 Å². The van der Waals surface area contributed by atoms with Gasteiger partial charge in [0, 0.05) is 24.2 Å². The van der Waals surface area contributed by atoms with Crippen LogP contribution in [0, 0.1) is 12.7 Å². The minimum absolute atomic E-state index is 0.219. The number of hydrogen-bond donors (Lipinski definition) is 2. The van der Waals surface area contributed by atoms with Gasteiger partial charge in [0.25, 0.3) is 0 Å². The van der Waals surface area contributed by atoms with Crippen molar-refractivity contribution in [3.8, 4) is 0 Å². The summed E-state index contributed by atoms with van der Waals surface area (Å²) in [4.78, 5) is 9.01. The predicted octanol–water partition coefficient (Wildman–Crippen LogP) is 3.67. The summed E-state index contributed by atoms with van der Waals surface area (Å²) >= 11 is 1.73. The van der Waals surface area contributed by atoms with Gasteiger partial charge in [-0.2, -0.15) is 0 Å². The first-order chi connectivity index (χ1) is 11.7. The number of thiazole rings is 1. The lowest BCUT2D eigenvalue weighted by atomic mass is 10.2. The molecule has 6 heteroatoms. The molecule has 0 radical (unpaired) electrons. The first-order valence-electron chi connectivity index (χ1n) is 8.35. The maximum Gasteiger partial charge on any atom is 0.191 e. The van der Waals surface area contributed by atoms with E-state index in [2.05, 4.69) is 26.0 Å². The Kier molecular flexibility index (Phi) is 7.68. The zero-order chi connectivity index (χ0) is 17.2. The normalized spacial score (nSPS) is 11.5. The zero-order valence-electron chi connectivity index (χ0n) is 14.3. The number of rotatable bonds is 8. The maximum atomic E-state index is 12.9. The molecule has 0 saturated heterocycles. The molecule has 4 nitrogen and oxygen atoms in total. The fourth-order valence-electron chi connectivity index (χ4n) is 2.23. The first kappa shape index (κ1) is 18.4. The van der Waals surface area contributed by atoms with Crippen LogP contribution in [0.5, 0.6) is 0 Å². The van der Waals surface area contributed by atoms with E-state index < -0.39 is 0 Å². The maximum absolute atomic E-state index is 12.9. The molecule has 2 aromatic rings. The van der Waals surface area contributed by atoms with Gasteiger partial charge in [-0.25, -0.2) is 14.4 Å². The lowest BCUT2D eigenvalue weighted by molar-refractivity contribution is 0.627. The Morgan fingerprint density at radius 2 is 2.00 bits per heavy atom. The second-order valence-corrected chi connectivity index (χ2v) is 6.53. The zero-order valence-corrected chi connectivity index (χ0v) is 15.1. The topological polar surface area (TPSA) is 49.3 Å². The summed E-state index contributed by atoms with van der Waals surface area (Å²) in [5.74, 6) is 0.579. The van der Waals surface area contributed by atoms with Crippen molar-refractivity contribution < 1.29 is 4.39 Å². The van der Waals surface area contributed by atoms with E-state index in [0.29, 0.717) is 6.54 Å². The van der Waals surface area contributed by atoms with Gasteiger partial charge in [0.05, 0.1) is 11.6 Å². The van der Waals surface area contributed by atoms with Crippen molar-refractivity contribution in [1.29, 1.82) is 0 Å². The van der Waals surface area contributed by atoms with Crippen molar-refractivity contribution in [3.63, 3.8) is 0 Å². The van der Waals surface area contributed by atoms with Crippen LogP contribution in [0.2, 0.25) is 0 Å². The second kappa shape index (κ2) is 10.0. The number of benzene rings is 1. The van der Waals surface area contributed by atoms with E-state index in [0.717, 1.165) is 49.6 Å². The molecule has 0 aliphatic carbocycles. The van der Waals surface area contributed by atoms with Crippen LogP contribution >= 0.6 is 11.3 Å². The molecular formula is C18H25FN4S. The summed E-state index contributed by atoms with van der Waals surface area (Å²) in [5.41, 5.74) is 2.10. The highest BCUT2D eigenvalue weighted by atomic mass is 32.1. The van der Waals surface area contributed by atoms with Crippen molar-refractivity contribution in [2.24, 2.45) is 4.99 Å². The lowest BCUT2D eigenvalue weighted by Crippen LogP contribution is -2.37. The number of aryl methyl sites for hydroxylation is 2. The molecule has 130 valence electrons. The van der Waals surface area contributed by atoms with E-state index in [4.69, 9.17) is 0 Å². The largest absolute Gasteiger partial charge is 0.357 e. The molecule has 0 atom stereocenters. The molecule has 0 amide bonds. The minimum Gasteiger partial charge on any atom is -0.357 e. The molecule has 2 rings (SSSR count). The van der Waals surface area contributed by atoms with Crippen LogP contribution in [0.4, 0.5) is 4.39 Å². The third-order valence-corrected chi connectivity index (χ3v) is 4.48. The molecule has 1 aromatic carbocycles. The highest BCUT2D eigenvalue weighted by Gasteiger charge is 2.00. The van der Waals surface area contributed by atoms with Crippen LogP contribution in [-0.2, 0) is 13.0 Å². The van der Waals surface area contributed by atoms with Crippen molar-refractivity contribution in [3.05, 3.63) is 51.7 Å². The summed E-state index contributed by atoms with van der Waals surface area (Å²) in [5, 5.41) is 9.88. The molecule has 0 spiro atoms. The molecule has 1 heterocycles. The molecule has 0 aliphatic rings. The molecule has 0 fully saturated rings. The Morgan fingerprint density at radius 3 is 2.67 bits per heavy atom. The van der Waals surface area contributed by atoms with E-state index in [1.54, 1.807) is 23.5 Å². The van der Waals surface area contributed by atoms with Crippen LogP contribution in [0.1, 0.15) is 36.0 Å². The smallest absolute Gasteiger partial charge is 0.191 e. The monoisotopic (exact) mass is 348 g/mol. The van der Waals surface area contributed by atoms with Gasteiger partial charge in [-0.15, -0.1) is 11.3 Å². The van der Waals surface area contributed by atoms with Gasteiger partial charge >= 0.3 is 0 Å². The van der Waals surface area contributed by atoms with E-state index in [9.17, 15) is 4.39 Å². The lowest BCUT2D eigenvalue weighted by Gasteiger charge is -2.11. The number of halogens is 1. The molecule has 24 heavy (non-hydrogen) atoms. The van der Waals surface area contributed by atoms with E-state index in [1.807, 2.05) is 13.8 Å². The van der Waals surface area contributed by atoms with Gasteiger partial charge in [0.1, 0.15) is 5.82 Å². The Morgan fingerprint density at radius 1 is 1.21 bits per heavy atom. The fourth-order valence-corrected chi connectivity index (χ4v) is 3.05. The molecule has 0 unspecified atom stereocenters. The molecule has 2 N–H and O–H groups in total. The average molecular weight is 348 g/mol. The van der Waals surface area contributed by atoms with Crippen LogP contribution in [0.25, 0.3) is 0 Å². The van der Waals surface area contributed by atoms with Crippen LogP contribution < -0.4 is 10.6 Å². The molecule has 1 aromatic heterocycles. The summed E-state index contributed by atoms with van der Waals surface area (Å²) in [7, 11) is 0.